The summed E-state index contributed by atoms with van der Waals surface area (Å²) in [4.78, 5) is 0. The van der Waals surface area contributed by atoms with Crippen molar-refractivity contribution in [1.82, 2.24) is 5.32 Å². The SMILES string of the molecule is CC(Cc1ccc2c(c1)CCO2)N[C@@H](C)c1ccccc1. The third-order valence-electron chi connectivity index (χ3n) is 4.13. The Morgan fingerprint density at radius 3 is 2.71 bits per heavy atom. The van der Waals surface area contributed by atoms with E-state index in [2.05, 4.69) is 67.7 Å². The largest absolute Gasteiger partial charge is 0.493 e. The quantitative estimate of drug-likeness (QED) is 0.897. The van der Waals surface area contributed by atoms with Crippen molar-refractivity contribution in [3.63, 3.8) is 0 Å². The normalized spacial score (nSPS) is 16.1. The molecule has 0 saturated heterocycles. The Morgan fingerprint density at radius 2 is 1.90 bits per heavy atom. The van der Waals surface area contributed by atoms with Gasteiger partial charge in [0.15, 0.2) is 0 Å². The Bertz CT molecular complexity index is 594. The van der Waals surface area contributed by atoms with Gasteiger partial charge in [0.2, 0.25) is 0 Å². The van der Waals surface area contributed by atoms with Crippen LogP contribution in [0.1, 0.15) is 36.6 Å². The van der Waals surface area contributed by atoms with Crippen LogP contribution in [0.5, 0.6) is 5.75 Å². The molecule has 0 aromatic heterocycles. The minimum atomic E-state index is 0.374. The molecular formula is C19H23NO. The summed E-state index contributed by atoms with van der Waals surface area (Å²) in [5.41, 5.74) is 4.09. The average molecular weight is 281 g/mol. The lowest BCUT2D eigenvalue weighted by Crippen LogP contribution is -2.30. The minimum Gasteiger partial charge on any atom is -0.493 e. The Hall–Kier alpha value is -1.80. The van der Waals surface area contributed by atoms with Crippen molar-refractivity contribution >= 4 is 0 Å². The fraction of sp³-hybridized carbons (Fsp3) is 0.368. The van der Waals surface area contributed by atoms with Gasteiger partial charge in [-0.05, 0) is 43.0 Å². The Kier molecular flexibility index (Phi) is 4.26. The van der Waals surface area contributed by atoms with Crippen LogP contribution in [0.15, 0.2) is 48.5 Å². The predicted molar refractivity (Wildman–Crippen MR) is 86.8 cm³/mol. The molecule has 21 heavy (non-hydrogen) atoms. The van der Waals surface area contributed by atoms with Gasteiger partial charge in [-0.2, -0.15) is 0 Å². The molecule has 2 aromatic rings. The Morgan fingerprint density at radius 1 is 1.10 bits per heavy atom. The highest BCUT2D eigenvalue weighted by molar-refractivity contribution is 5.40. The molecule has 3 rings (SSSR count). The number of fused-ring (bicyclic) bond motifs is 1. The monoisotopic (exact) mass is 281 g/mol. The van der Waals surface area contributed by atoms with Gasteiger partial charge in [0, 0.05) is 18.5 Å². The van der Waals surface area contributed by atoms with Crippen molar-refractivity contribution < 1.29 is 4.74 Å². The lowest BCUT2D eigenvalue weighted by atomic mass is 10.0. The topological polar surface area (TPSA) is 21.3 Å². The first-order chi connectivity index (χ1) is 10.2. The van der Waals surface area contributed by atoms with Gasteiger partial charge < -0.3 is 10.1 Å². The molecular weight excluding hydrogens is 258 g/mol. The average Bonchev–Trinajstić information content (AvgIpc) is 2.95. The second-order valence-corrected chi connectivity index (χ2v) is 5.94. The smallest absolute Gasteiger partial charge is 0.122 e. The molecule has 1 heterocycles. The molecule has 0 saturated carbocycles. The highest BCUT2D eigenvalue weighted by atomic mass is 16.5. The van der Waals surface area contributed by atoms with Crippen LogP contribution in [0.25, 0.3) is 0 Å². The summed E-state index contributed by atoms with van der Waals surface area (Å²) in [5, 5.41) is 3.68. The lowest BCUT2D eigenvalue weighted by Gasteiger charge is -2.20. The summed E-state index contributed by atoms with van der Waals surface area (Å²) < 4.78 is 5.57. The van der Waals surface area contributed by atoms with E-state index in [1.807, 2.05) is 0 Å². The number of ether oxygens (including phenoxy) is 1. The number of benzene rings is 2. The first-order valence-corrected chi connectivity index (χ1v) is 7.78. The maximum absolute atomic E-state index is 5.57. The van der Waals surface area contributed by atoms with E-state index in [-0.39, 0.29) is 0 Å². The molecule has 1 N–H and O–H groups in total. The highest BCUT2D eigenvalue weighted by Crippen LogP contribution is 2.26. The van der Waals surface area contributed by atoms with Crippen LogP contribution in [-0.2, 0) is 12.8 Å². The molecule has 2 nitrogen and oxygen atoms in total. The fourth-order valence-electron chi connectivity index (χ4n) is 3.04. The van der Waals surface area contributed by atoms with E-state index in [0.717, 1.165) is 25.2 Å². The van der Waals surface area contributed by atoms with Gasteiger partial charge in [0.25, 0.3) is 0 Å². The van der Waals surface area contributed by atoms with Gasteiger partial charge >= 0.3 is 0 Å². The summed E-state index contributed by atoms with van der Waals surface area (Å²) in [6, 6.07) is 18.0. The number of nitrogens with one attached hydrogen (secondary N) is 1. The second-order valence-electron chi connectivity index (χ2n) is 5.94. The van der Waals surface area contributed by atoms with Crippen molar-refractivity contribution in [3.8, 4) is 5.75 Å². The maximum Gasteiger partial charge on any atom is 0.122 e. The summed E-state index contributed by atoms with van der Waals surface area (Å²) in [6.45, 7) is 5.31. The molecule has 0 aliphatic carbocycles. The van der Waals surface area contributed by atoms with Crippen LogP contribution in [0.3, 0.4) is 0 Å². The summed E-state index contributed by atoms with van der Waals surface area (Å²) in [5.74, 6) is 1.07. The zero-order chi connectivity index (χ0) is 14.7. The van der Waals surface area contributed by atoms with Crippen molar-refractivity contribution in [3.05, 3.63) is 65.2 Å². The minimum absolute atomic E-state index is 0.374. The van der Waals surface area contributed by atoms with Crippen LogP contribution >= 0.6 is 0 Å². The van der Waals surface area contributed by atoms with Gasteiger partial charge in [-0.15, -0.1) is 0 Å². The third-order valence-corrected chi connectivity index (χ3v) is 4.13. The summed E-state index contributed by atoms with van der Waals surface area (Å²) >= 11 is 0. The second kappa shape index (κ2) is 6.31. The lowest BCUT2D eigenvalue weighted by molar-refractivity contribution is 0.357. The Balaban J connectivity index is 1.60. The molecule has 1 aliphatic heterocycles. The molecule has 110 valence electrons. The zero-order valence-corrected chi connectivity index (χ0v) is 12.8. The number of hydrogen-bond donors (Lipinski definition) is 1. The van der Waals surface area contributed by atoms with Crippen LogP contribution in [-0.4, -0.2) is 12.6 Å². The Labute approximate surface area is 127 Å². The van der Waals surface area contributed by atoms with Crippen LogP contribution < -0.4 is 10.1 Å². The van der Waals surface area contributed by atoms with Crippen molar-refractivity contribution in [2.75, 3.05) is 6.61 Å². The van der Waals surface area contributed by atoms with E-state index in [1.165, 1.54) is 16.7 Å². The van der Waals surface area contributed by atoms with Crippen LogP contribution in [0, 0.1) is 0 Å². The van der Waals surface area contributed by atoms with Crippen molar-refractivity contribution in [2.24, 2.45) is 0 Å². The molecule has 1 unspecified atom stereocenters. The highest BCUT2D eigenvalue weighted by Gasteiger charge is 2.14. The number of rotatable bonds is 5. The first-order valence-electron chi connectivity index (χ1n) is 7.78. The van der Waals surface area contributed by atoms with E-state index in [0.29, 0.717) is 12.1 Å². The summed E-state index contributed by atoms with van der Waals surface area (Å²) in [6.07, 6.45) is 2.09. The van der Waals surface area contributed by atoms with E-state index >= 15 is 0 Å². The number of hydrogen-bond acceptors (Lipinski definition) is 2. The van der Waals surface area contributed by atoms with Gasteiger partial charge in [-0.1, -0.05) is 42.5 Å². The van der Waals surface area contributed by atoms with E-state index in [1.54, 1.807) is 0 Å². The molecule has 2 aromatic carbocycles. The predicted octanol–water partition coefficient (Wildman–Crippen LogP) is 3.90. The molecule has 2 atom stereocenters. The first kappa shape index (κ1) is 14.2. The standard InChI is InChI=1S/C19H23NO/c1-14(20-15(2)17-6-4-3-5-7-17)12-16-8-9-19-18(13-16)10-11-21-19/h3-9,13-15,20H,10-12H2,1-2H3/t14?,15-/m0/s1. The van der Waals surface area contributed by atoms with Crippen molar-refractivity contribution in [1.29, 1.82) is 0 Å². The van der Waals surface area contributed by atoms with E-state index in [4.69, 9.17) is 4.74 Å². The third kappa shape index (κ3) is 3.45. The van der Waals surface area contributed by atoms with Gasteiger partial charge in [0.1, 0.15) is 5.75 Å². The zero-order valence-electron chi connectivity index (χ0n) is 12.8. The molecule has 0 spiro atoms. The molecule has 1 aliphatic rings. The summed E-state index contributed by atoms with van der Waals surface area (Å²) in [7, 11) is 0. The van der Waals surface area contributed by atoms with E-state index in [9.17, 15) is 0 Å². The van der Waals surface area contributed by atoms with Crippen LogP contribution in [0.4, 0.5) is 0 Å². The van der Waals surface area contributed by atoms with E-state index < -0.39 is 0 Å². The van der Waals surface area contributed by atoms with Gasteiger partial charge in [-0.3, -0.25) is 0 Å². The fourth-order valence-corrected chi connectivity index (χ4v) is 3.04. The molecule has 2 heteroatoms. The van der Waals surface area contributed by atoms with Gasteiger partial charge in [0.05, 0.1) is 6.61 Å². The molecule has 0 amide bonds. The molecule has 0 radical (unpaired) electrons. The van der Waals surface area contributed by atoms with Crippen molar-refractivity contribution in [2.45, 2.75) is 38.8 Å². The maximum atomic E-state index is 5.57. The molecule has 0 bridgehead atoms. The van der Waals surface area contributed by atoms with Gasteiger partial charge in [-0.25, -0.2) is 0 Å². The molecule has 0 fully saturated rings. The van der Waals surface area contributed by atoms with Crippen LogP contribution in [0.2, 0.25) is 0 Å².